The molecule has 146 valence electrons. The van der Waals surface area contributed by atoms with E-state index in [9.17, 15) is 14.7 Å². The summed E-state index contributed by atoms with van der Waals surface area (Å²) >= 11 is 5.86. The Kier molecular flexibility index (Phi) is 5.46. The minimum absolute atomic E-state index is 0.0549. The van der Waals surface area contributed by atoms with Crippen LogP contribution in [0.25, 0.3) is 11.0 Å². The Labute approximate surface area is 165 Å². The van der Waals surface area contributed by atoms with Gasteiger partial charge in [-0.2, -0.15) is 0 Å². The molecule has 0 aliphatic rings. The van der Waals surface area contributed by atoms with Gasteiger partial charge in [-0.3, -0.25) is 4.79 Å². The smallest absolute Gasteiger partial charge is 0.337 e. The van der Waals surface area contributed by atoms with Crippen LogP contribution < -0.4 is 20.4 Å². The zero-order chi connectivity index (χ0) is 20.4. The van der Waals surface area contributed by atoms with Crippen molar-refractivity contribution in [1.82, 2.24) is 0 Å². The Hall–Kier alpha value is -3.19. The molecule has 2 N–H and O–H groups in total. The number of ether oxygens (including phenoxy) is 2. The molecule has 0 spiro atoms. The number of fused-ring (bicyclic) bond motifs is 1. The fourth-order valence-electron chi connectivity index (χ4n) is 2.68. The average molecular weight is 404 g/mol. The molecular formula is C20H18ClNO6. The summed E-state index contributed by atoms with van der Waals surface area (Å²) in [6.45, 7) is 3.75. The van der Waals surface area contributed by atoms with E-state index in [2.05, 4.69) is 5.32 Å². The molecule has 0 saturated carbocycles. The number of carbonyl (C=O) groups excluding carboxylic acids is 1. The highest BCUT2D eigenvalue weighted by molar-refractivity contribution is 6.32. The summed E-state index contributed by atoms with van der Waals surface area (Å²) in [6, 6.07) is 8.63. The number of hydrogen-bond donors (Lipinski definition) is 2. The summed E-state index contributed by atoms with van der Waals surface area (Å²) in [5.41, 5.74) is -0.138. The number of aromatic hydroxyl groups is 1. The molecule has 0 radical (unpaired) electrons. The highest BCUT2D eigenvalue weighted by Gasteiger charge is 2.17. The third-order valence-electron chi connectivity index (χ3n) is 3.85. The normalized spacial score (nSPS) is 10.9. The molecule has 0 aliphatic carbocycles. The van der Waals surface area contributed by atoms with E-state index in [1.165, 1.54) is 19.2 Å². The summed E-state index contributed by atoms with van der Waals surface area (Å²) in [4.78, 5) is 24.8. The van der Waals surface area contributed by atoms with Gasteiger partial charge in [0.05, 0.1) is 29.5 Å². The van der Waals surface area contributed by atoms with Gasteiger partial charge in [0, 0.05) is 29.7 Å². The third-order valence-corrected chi connectivity index (χ3v) is 4.15. The fraction of sp³-hybridized carbons (Fsp3) is 0.200. The van der Waals surface area contributed by atoms with E-state index in [0.29, 0.717) is 11.1 Å². The van der Waals surface area contributed by atoms with Gasteiger partial charge in [-0.15, -0.1) is 0 Å². The highest BCUT2D eigenvalue weighted by Crippen LogP contribution is 2.35. The molecule has 0 atom stereocenters. The van der Waals surface area contributed by atoms with E-state index in [1.54, 1.807) is 18.2 Å². The molecule has 0 saturated heterocycles. The van der Waals surface area contributed by atoms with Crippen LogP contribution in [0.3, 0.4) is 0 Å². The van der Waals surface area contributed by atoms with Crippen molar-refractivity contribution in [2.75, 3.05) is 12.4 Å². The molecule has 1 amide bonds. The first-order chi connectivity index (χ1) is 13.3. The second kappa shape index (κ2) is 7.82. The summed E-state index contributed by atoms with van der Waals surface area (Å²) in [5.74, 6) is -0.00957. The third kappa shape index (κ3) is 4.04. The van der Waals surface area contributed by atoms with Crippen LogP contribution in [0.1, 0.15) is 24.2 Å². The standard InChI is InChI=1S/C20H18ClNO6/c1-10(2)27-11-4-5-12-13(7-19(24)28-17(12)6-11)20(25)22-15-9-16(23)14(21)8-18(15)26-3/h4-10,23H,1-3H3,(H,22,25). The van der Waals surface area contributed by atoms with Gasteiger partial charge < -0.3 is 24.3 Å². The maximum atomic E-state index is 12.8. The number of nitrogens with one attached hydrogen (secondary N) is 1. The molecule has 0 bridgehead atoms. The minimum Gasteiger partial charge on any atom is -0.506 e. The van der Waals surface area contributed by atoms with Crippen molar-refractivity contribution in [3.8, 4) is 17.2 Å². The molecule has 8 heteroatoms. The van der Waals surface area contributed by atoms with Gasteiger partial charge in [0.1, 0.15) is 22.8 Å². The topological polar surface area (TPSA) is 98.0 Å². The average Bonchev–Trinajstić information content (AvgIpc) is 2.62. The lowest BCUT2D eigenvalue weighted by atomic mass is 10.1. The van der Waals surface area contributed by atoms with E-state index in [1.807, 2.05) is 13.8 Å². The summed E-state index contributed by atoms with van der Waals surface area (Å²) in [6.07, 6.45) is -0.0549. The Morgan fingerprint density at radius 2 is 1.96 bits per heavy atom. The number of anilines is 1. The summed E-state index contributed by atoms with van der Waals surface area (Å²) in [5, 5.41) is 12.9. The monoisotopic (exact) mass is 403 g/mol. The number of amides is 1. The minimum atomic E-state index is -0.676. The lowest BCUT2D eigenvalue weighted by Crippen LogP contribution is -2.16. The van der Waals surface area contributed by atoms with Crippen LogP contribution in [0.5, 0.6) is 17.2 Å². The maximum Gasteiger partial charge on any atom is 0.337 e. The van der Waals surface area contributed by atoms with Gasteiger partial charge in [-0.1, -0.05) is 11.6 Å². The van der Waals surface area contributed by atoms with Crippen molar-refractivity contribution in [3.63, 3.8) is 0 Å². The van der Waals surface area contributed by atoms with Crippen LogP contribution in [0.2, 0.25) is 5.02 Å². The number of hydrogen-bond acceptors (Lipinski definition) is 6. The number of methoxy groups -OCH3 is 1. The zero-order valence-electron chi connectivity index (χ0n) is 15.4. The van der Waals surface area contributed by atoms with E-state index >= 15 is 0 Å². The summed E-state index contributed by atoms with van der Waals surface area (Å²) < 4.78 is 16.0. The van der Waals surface area contributed by atoms with Gasteiger partial charge in [0.2, 0.25) is 0 Å². The van der Waals surface area contributed by atoms with Gasteiger partial charge >= 0.3 is 5.63 Å². The van der Waals surface area contributed by atoms with Crippen molar-refractivity contribution in [1.29, 1.82) is 0 Å². The molecule has 1 heterocycles. The van der Waals surface area contributed by atoms with Crippen LogP contribution in [-0.4, -0.2) is 24.2 Å². The number of rotatable bonds is 5. The predicted molar refractivity (Wildman–Crippen MR) is 106 cm³/mol. The van der Waals surface area contributed by atoms with Crippen molar-refractivity contribution < 1.29 is 23.8 Å². The van der Waals surface area contributed by atoms with Crippen molar-refractivity contribution >= 4 is 34.2 Å². The molecule has 3 rings (SSSR count). The molecule has 0 aliphatic heterocycles. The number of phenolic OH excluding ortho intramolecular Hbond substituents is 1. The van der Waals surface area contributed by atoms with E-state index in [0.717, 1.165) is 6.07 Å². The Morgan fingerprint density at radius 1 is 1.21 bits per heavy atom. The van der Waals surface area contributed by atoms with E-state index in [-0.39, 0.29) is 39.5 Å². The van der Waals surface area contributed by atoms with Crippen LogP contribution in [0.4, 0.5) is 5.69 Å². The molecule has 7 nitrogen and oxygen atoms in total. The largest absolute Gasteiger partial charge is 0.506 e. The van der Waals surface area contributed by atoms with Gasteiger partial charge in [0.25, 0.3) is 5.91 Å². The SMILES string of the molecule is COc1cc(Cl)c(O)cc1NC(=O)c1cc(=O)oc2cc(OC(C)C)ccc12. The fourth-order valence-corrected chi connectivity index (χ4v) is 2.83. The van der Waals surface area contributed by atoms with E-state index in [4.69, 9.17) is 25.5 Å². The van der Waals surface area contributed by atoms with Crippen LogP contribution in [0, 0.1) is 0 Å². The van der Waals surface area contributed by atoms with Crippen LogP contribution >= 0.6 is 11.6 Å². The molecule has 0 unspecified atom stereocenters. The van der Waals surface area contributed by atoms with Crippen LogP contribution in [0.15, 0.2) is 45.6 Å². The number of benzene rings is 2. The van der Waals surface area contributed by atoms with Gasteiger partial charge in [0.15, 0.2) is 0 Å². The molecule has 0 fully saturated rings. The molecule has 28 heavy (non-hydrogen) atoms. The first-order valence-electron chi connectivity index (χ1n) is 8.41. The maximum absolute atomic E-state index is 12.8. The first kappa shape index (κ1) is 19.6. The highest BCUT2D eigenvalue weighted by atomic mass is 35.5. The zero-order valence-corrected chi connectivity index (χ0v) is 16.2. The van der Waals surface area contributed by atoms with Gasteiger partial charge in [-0.05, 0) is 26.0 Å². The quantitative estimate of drug-likeness (QED) is 0.619. The number of carbonyl (C=O) groups is 1. The molecular weight excluding hydrogens is 386 g/mol. The molecule has 2 aromatic carbocycles. The molecule has 1 aromatic heterocycles. The first-order valence-corrected chi connectivity index (χ1v) is 8.78. The lowest BCUT2D eigenvalue weighted by molar-refractivity contribution is 0.102. The molecule has 3 aromatic rings. The lowest BCUT2D eigenvalue weighted by Gasteiger charge is -2.13. The Morgan fingerprint density at radius 3 is 2.64 bits per heavy atom. The second-order valence-electron chi connectivity index (χ2n) is 6.26. The number of phenols is 1. The second-order valence-corrected chi connectivity index (χ2v) is 6.67. The van der Waals surface area contributed by atoms with Crippen molar-refractivity contribution in [2.45, 2.75) is 20.0 Å². The van der Waals surface area contributed by atoms with E-state index < -0.39 is 11.5 Å². The van der Waals surface area contributed by atoms with Crippen molar-refractivity contribution in [2.24, 2.45) is 0 Å². The van der Waals surface area contributed by atoms with Crippen LogP contribution in [-0.2, 0) is 0 Å². The number of halogens is 1. The van der Waals surface area contributed by atoms with Gasteiger partial charge in [-0.25, -0.2) is 4.79 Å². The Bertz CT molecular complexity index is 1110. The Balaban J connectivity index is 2.02. The predicted octanol–water partition coefficient (Wildman–Crippen LogP) is 4.20. The van der Waals surface area contributed by atoms with Crippen molar-refractivity contribution in [3.05, 3.63) is 57.4 Å². The summed E-state index contributed by atoms with van der Waals surface area (Å²) in [7, 11) is 1.40.